The molecule has 4 nitrogen and oxygen atoms in total. The van der Waals surface area contributed by atoms with Crippen LogP contribution in [-0.4, -0.2) is 9.97 Å². The summed E-state index contributed by atoms with van der Waals surface area (Å²) in [5.41, 5.74) is 3.73. The second-order valence-electron chi connectivity index (χ2n) is 5.23. The minimum Gasteiger partial charge on any atom is -0.308 e. The van der Waals surface area contributed by atoms with Gasteiger partial charge in [-0.05, 0) is 25.0 Å². The highest BCUT2D eigenvalue weighted by molar-refractivity contribution is 6.31. The van der Waals surface area contributed by atoms with Crippen LogP contribution in [0, 0.1) is 5.82 Å². The number of rotatable bonds is 3. The van der Waals surface area contributed by atoms with E-state index in [0.717, 1.165) is 18.5 Å². The molecule has 6 heteroatoms. The zero-order valence-electron chi connectivity index (χ0n) is 11.4. The van der Waals surface area contributed by atoms with Gasteiger partial charge in [0.25, 0.3) is 0 Å². The monoisotopic (exact) mass is 306 g/mol. The van der Waals surface area contributed by atoms with E-state index in [1.54, 1.807) is 12.1 Å². The molecule has 1 fully saturated rings. The van der Waals surface area contributed by atoms with Crippen molar-refractivity contribution in [2.75, 3.05) is 5.43 Å². The minimum atomic E-state index is -0.509. The van der Waals surface area contributed by atoms with Gasteiger partial charge in [0, 0.05) is 17.7 Å². The molecule has 1 aromatic heterocycles. The molecule has 21 heavy (non-hydrogen) atoms. The SMILES string of the molecule is NNc1cc(C2CCCC2)nc(-c2cccc(Cl)c2F)n1. The Hall–Kier alpha value is -1.72. The van der Waals surface area contributed by atoms with Gasteiger partial charge in [-0.1, -0.05) is 30.5 Å². The number of hydrogen-bond donors (Lipinski definition) is 2. The lowest BCUT2D eigenvalue weighted by molar-refractivity contribution is 0.629. The fourth-order valence-corrected chi connectivity index (χ4v) is 2.94. The van der Waals surface area contributed by atoms with Crippen molar-refractivity contribution in [2.24, 2.45) is 5.84 Å². The summed E-state index contributed by atoms with van der Waals surface area (Å²) in [6.07, 6.45) is 4.58. The van der Waals surface area contributed by atoms with Crippen molar-refractivity contribution in [2.45, 2.75) is 31.6 Å². The summed E-state index contributed by atoms with van der Waals surface area (Å²) < 4.78 is 14.2. The van der Waals surface area contributed by atoms with E-state index in [1.807, 2.05) is 6.07 Å². The van der Waals surface area contributed by atoms with Gasteiger partial charge in [-0.15, -0.1) is 0 Å². The van der Waals surface area contributed by atoms with E-state index in [-0.39, 0.29) is 5.02 Å². The Kier molecular flexibility index (Phi) is 4.03. The number of halogens is 2. The van der Waals surface area contributed by atoms with Gasteiger partial charge in [-0.2, -0.15) is 0 Å². The summed E-state index contributed by atoms with van der Waals surface area (Å²) in [5, 5.41) is 0.0598. The Bertz CT molecular complexity index is 656. The molecule has 1 aliphatic carbocycles. The summed E-state index contributed by atoms with van der Waals surface area (Å²) in [6.45, 7) is 0. The Labute approximate surface area is 127 Å². The fourth-order valence-electron chi connectivity index (χ4n) is 2.77. The highest BCUT2D eigenvalue weighted by Crippen LogP contribution is 2.35. The van der Waals surface area contributed by atoms with Crippen molar-refractivity contribution >= 4 is 17.4 Å². The van der Waals surface area contributed by atoms with E-state index < -0.39 is 5.82 Å². The summed E-state index contributed by atoms with van der Waals surface area (Å²) in [5.74, 6) is 6.15. The van der Waals surface area contributed by atoms with Crippen LogP contribution >= 0.6 is 11.6 Å². The highest BCUT2D eigenvalue weighted by atomic mass is 35.5. The molecule has 0 bridgehead atoms. The lowest BCUT2D eigenvalue weighted by Gasteiger charge is -2.13. The number of hydrazine groups is 1. The minimum absolute atomic E-state index is 0.0598. The number of benzene rings is 1. The highest BCUT2D eigenvalue weighted by Gasteiger charge is 2.21. The van der Waals surface area contributed by atoms with E-state index in [4.69, 9.17) is 17.4 Å². The zero-order chi connectivity index (χ0) is 14.8. The third-order valence-electron chi connectivity index (χ3n) is 3.86. The first kappa shape index (κ1) is 14.2. The number of anilines is 1. The standard InChI is InChI=1S/C15H16ClFN4/c16-11-7-3-6-10(14(11)17)15-19-12(8-13(20-15)21-18)9-4-1-2-5-9/h3,6-9H,1-2,4-5,18H2,(H,19,20,21). The third-order valence-corrected chi connectivity index (χ3v) is 4.15. The van der Waals surface area contributed by atoms with Gasteiger partial charge >= 0.3 is 0 Å². The van der Waals surface area contributed by atoms with Gasteiger partial charge in [-0.3, -0.25) is 0 Å². The third kappa shape index (κ3) is 2.84. The Morgan fingerprint density at radius 2 is 2.00 bits per heavy atom. The van der Waals surface area contributed by atoms with E-state index >= 15 is 0 Å². The number of nitrogens with zero attached hydrogens (tertiary/aromatic N) is 2. The molecule has 0 aliphatic heterocycles. The molecule has 0 spiro atoms. The molecular weight excluding hydrogens is 291 g/mol. The van der Waals surface area contributed by atoms with Gasteiger partial charge in [0.1, 0.15) is 5.82 Å². The maximum Gasteiger partial charge on any atom is 0.164 e. The second-order valence-corrected chi connectivity index (χ2v) is 5.64. The van der Waals surface area contributed by atoms with Gasteiger partial charge in [-0.25, -0.2) is 20.2 Å². The van der Waals surface area contributed by atoms with Gasteiger partial charge in [0.15, 0.2) is 11.6 Å². The molecule has 3 N–H and O–H groups in total. The normalized spacial score (nSPS) is 15.4. The maximum atomic E-state index is 14.2. The quantitative estimate of drug-likeness (QED) is 0.667. The lowest BCUT2D eigenvalue weighted by Crippen LogP contribution is -2.11. The molecule has 1 aromatic carbocycles. The second kappa shape index (κ2) is 5.95. The predicted octanol–water partition coefficient (Wildman–Crippen LogP) is 3.88. The van der Waals surface area contributed by atoms with E-state index in [2.05, 4.69) is 15.4 Å². The van der Waals surface area contributed by atoms with Crippen LogP contribution in [0.2, 0.25) is 5.02 Å². The van der Waals surface area contributed by atoms with Gasteiger partial charge in [0.2, 0.25) is 0 Å². The molecule has 1 aliphatic rings. The van der Waals surface area contributed by atoms with Crippen molar-refractivity contribution in [3.63, 3.8) is 0 Å². The number of hydrogen-bond acceptors (Lipinski definition) is 4. The first-order valence-corrected chi connectivity index (χ1v) is 7.37. The number of nitrogens with two attached hydrogens (primary N) is 1. The summed E-state index contributed by atoms with van der Waals surface area (Å²) in [4.78, 5) is 8.78. The van der Waals surface area contributed by atoms with Crippen LogP contribution in [0.3, 0.4) is 0 Å². The lowest BCUT2D eigenvalue weighted by atomic mass is 10.0. The van der Waals surface area contributed by atoms with Crippen LogP contribution in [-0.2, 0) is 0 Å². The van der Waals surface area contributed by atoms with E-state index in [9.17, 15) is 4.39 Å². The number of nitrogen functional groups attached to an aromatic ring is 1. The van der Waals surface area contributed by atoms with Crippen molar-refractivity contribution in [1.29, 1.82) is 0 Å². The average Bonchev–Trinajstić information content (AvgIpc) is 3.04. The Morgan fingerprint density at radius 3 is 2.71 bits per heavy atom. The number of aromatic nitrogens is 2. The topological polar surface area (TPSA) is 63.8 Å². The van der Waals surface area contributed by atoms with E-state index in [0.29, 0.717) is 23.1 Å². The first-order chi connectivity index (χ1) is 10.2. The van der Waals surface area contributed by atoms with Crippen LogP contribution in [0.4, 0.5) is 10.2 Å². The summed E-state index contributed by atoms with van der Waals surface area (Å²) >= 11 is 5.83. The Balaban J connectivity index is 2.09. The van der Waals surface area contributed by atoms with Gasteiger partial charge < -0.3 is 5.43 Å². The predicted molar refractivity (Wildman–Crippen MR) is 81.5 cm³/mol. The molecular formula is C15H16ClFN4. The van der Waals surface area contributed by atoms with Gasteiger partial charge in [0.05, 0.1) is 10.6 Å². The molecule has 1 saturated carbocycles. The molecule has 0 amide bonds. The smallest absolute Gasteiger partial charge is 0.164 e. The summed E-state index contributed by atoms with van der Waals surface area (Å²) in [6, 6.07) is 6.64. The van der Waals surface area contributed by atoms with Crippen molar-refractivity contribution in [3.8, 4) is 11.4 Å². The largest absolute Gasteiger partial charge is 0.308 e. The molecule has 0 radical (unpaired) electrons. The van der Waals surface area contributed by atoms with E-state index in [1.165, 1.54) is 18.9 Å². The average molecular weight is 307 g/mol. The first-order valence-electron chi connectivity index (χ1n) is 6.99. The van der Waals surface area contributed by atoms with Crippen LogP contribution in [0.25, 0.3) is 11.4 Å². The molecule has 0 atom stereocenters. The van der Waals surface area contributed by atoms with Crippen LogP contribution in [0.15, 0.2) is 24.3 Å². The Morgan fingerprint density at radius 1 is 1.24 bits per heavy atom. The van der Waals surface area contributed by atoms with Crippen LogP contribution < -0.4 is 11.3 Å². The van der Waals surface area contributed by atoms with Crippen LogP contribution in [0.1, 0.15) is 37.3 Å². The van der Waals surface area contributed by atoms with Crippen molar-refractivity contribution in [1.82, 2.24) is 9.97 Å². The maximum absolute atomic E-state index is 14.2. The molecule has 3 rings (SSSR count). The van der Waals surface area contributed by atoms with Crippen LogP contribution in [0.5, 0.6) is 0 Å². The molecule has 1 heterocycles. The summed E-state index contributed by atoms with van der Waals surface area (Å²) in [7, 11) is 0. The fraction of sp³-hybridized carbons (Fsp3) is 0.333. The van der Waals surface area contributed by atoms with Crippen molar-refractivity contribution < 1.29 is 4.39 Å². The number of nitrogens with one attached hydrogen (secondary N) is 1. The zero-order valence-corrected chi connectivity index (χ0v) is 12.2. The molecule has 2 aromatic rings. The molecule has 0 saturated heterocycles. The molecule has 0 unspecified atom stereocenters. The molecule has 110 valence electrons. The van der Waals surface area contributed by atoms with Crippen molar-refractivity contribution in [3.05, 3.63) is 40.8 Å².